The molecule has 0 saturated heterocycles. The summed E-state index contributed by atoms with van der Waals surface area (Å²) in [5, 5.41) is 3.07. The van der Waals surface area contributed by atoms with Crippen LogP contribution in [0.5, 0.6) is 0 Å². The molecule has 0 radical (unpaired) electrons. The molecule has 4 heteroatoms. The molecule has 0 fully saturated rings. The summed E-state index contributed by atoms with van der Waals surface area (Å²) in [6, 6.07) is 8.40. The fourth-order valence-electron chi connectivity index (χ4n) is 2.77. The third-order valence-electron chi connectivity index (χ3n) is 3.89. The summed E-state index contributed by atoms with van der Waals surface area (Å²) in [7, 11) is 1.64. The number of methoxy groups -OCH3 is 1. The van der Waals surface area contributed by atoms with E-state index in [2.05, 4.69) is 23.5 Å². The molecule has 0 aliphatic heterocycles. The molecule has 2 rings (SSSR count). The van der Waals surface area contributed by atoms with Crippen molar-refractivity contribution in [3.8, 4) is 0 Å². The Labute approximate surface area is 125 Å². The first-order valence-electron chi connectivity index (χ1n) is 7.16. The molecule has 0 heterocycles. The number of halogens is 1. The summed E-state index contributed by atoms with van der Waals surface area (Å²) in [5.74, 6) is 0.730. The van der Waals surface area contributed by atoms with Gasteiger partial charge >= 0.3 is 0 Å². The summed E-state index contributed by atoms with van der Waals surface area (Å²) in [6.07, 6.45) is 3.48. The van der Waals surface area contributed by atoms with Crippen molar-refractivity contribution in [2.45, 2.75) is 31.7 Å². The summed E-state index contributed by atoms with van der Waals surface area (Å²) in [4.78, 5) is 12.4. The van der Waals surface area contributed by atoms with Crippen LogP contribution in [0.15, 0.2) is 24.3 Å². The number of ether oxygens (including phenoxy) is 1. The van der Waals surface area contributed by atoms with E-state index in [1.54, 1.807) is 7.11 Å². The third-order valence-corrected chi connectivity index (χ3v) is 4.11. The second-order valence-corrected chi connectivity index (χ2v) is 5.72. The minimum absolute atomic E-state index is 0.0159. The van der Waals surface area contributed by atoms with Gasteiger partial charge in [-0.05, 0) is 36.8 Å². The third kappa shape index (κ3) is 3.97. The number of carbonyl (C=O) groups is 1. The van der Waals surface area contributed by atoms with E-state index in [-0.39, 0.29) is 17.9 Å². The number of rotatable bonds is 6. The Balaban J connectivity index is 1.93. The molecule has 0 spiro atoms. The lowest BCUT2D eigenvalue weighted by Gasteiger charge is -2.26. The highest BCUT2D eigenvalue weighted by Crippen LogP contribution is 2.25. The zero-order chi connectivity index (χ0) is 14.4. The van der Waals surface area contributed by atoms with Crippen molar-refractivity contribution in [2.75, 3.05) is 19.6 Å². The molecule has 2 unspecified atom stereocenters. The first-order chi connectivity index (χ1) is 9.74. The Morgan fingerprint density at radius 2 is 2.20 bits per heavy atom. The van der Waals surface area contributed by atoms with Crippen molar-refractivity contribution in [3.05, 3.63) is 35.4 Å². The predicted octanol–water partition coefficient (Wildman–Crippen LogP) is 2.55. The van der Waals surface area contributed by atoms with E-state index in [4.69, 9.17) is 16.3 Å². The number of nitrogens with one attached hydrogen (secondary N) is 1. The molecule has 1 aliphatic rings. The second-order valence-electron chi connectivity index (χ2n) is 5.35. The molecule has 2 atom stereocenters. The highest BCUT2D eigenvalue weighted by Gasteiger charge is 2.25. The summed E-state index contributed by atoms with van der Waals surface area (Å²) < 4.78 is 5.13. The van der Waals surface area contributed by atoms with Gasteiger partial charge in [0.25, 0.3) is 0 Å². The maximum absolute atomic E-state index is 12.4. The van der Waals surface area contributed by atoms with Gasteiger partial charge in [-0.25, -0.2) is 0 Å². The molecule has 1 aromatic carbocycles. The van der Waals surface area contributed by atoms with Crippen LogP contribution in [-0.2, 0) is 22.4 Å². The fraction of sp³-hybridized carbons (Fsp3) is 0.562. The van der Waals surface area contributed by atoms with Gasteiger partial charge in [0.05, 0.1) is 12.6 Å². The van der Waals surface area contributed by atoms with Gasteiger partial charge in [-0.15, -0.1) is 11.6 Å². The van der Waals surface area contributed by atoms with Crippen molar-refractivity contribution in [3.63, 3.8) is 0 Å². The number of benzene rings is 1. The van der Waals surface area contributed by atoms with Crippen molar-refractivity contribution in [2.24, 2.45) is 5.92 Å². The number of amides is 1. The van der Waals surface area contributed by atoms with Crippen LogP contribution in [0.25, 0.3) is 0 Å². The van der Waals surface area contributed by atoms with E-state index in [0.29, 0.717) is 12.5 Å². The predicted molar refractivity (Wildman–Crippen MR) is 81.1 cm³/mol. The van der Waals surface area contributed by atoms with E-state index >= 15 is 0 Å². The van der Waals surface area contributed by atoms with Crippen molar-refractivity contribution < 1.29 is 9.53 Å². The van der Waals surface area contributed by atoms with Crippen molar-refractivity contribution in [1.82, 2.24) is 5.32 Å². The van der Waals surface area contributed by atoms with E-state index in [0.717, 1.165) is 25.7 Å². The van der Waals surface area contributed by atoms with Crippen LogP contribution in [0.1, 0.15) is 24.0 Å². The first kappa shape index (κ1) is 15.3. The Kier molecular flexibility index (Phi) is 5.86. The molecule has 0 saturated carbocycles. The van der Waals surface area contributed by atoms with Crippen LogP contribution in [0.4, 0.5) is 0 Å². The van der Waals surface area contributed by atoms with Gasteiger partial charge in [0.1, 0.15) is 0 Å². The zero-order valence-electron chi connectivity index (χ0n) is 11.9. The molecular formula is C16H22ClNO2. The zero-order valence-corrected chi connectivity index (χ0v) is 12.7. The van der Waals surface area contributed by atoms with Gasteiger partial charge in [0.15, 0.2) is 0 Å². The van der Waals surface area contributed by atoms with Gasteiger partial charge in [0, 0.05) is 18.9 Å². The topological polar surface area (TPSA) is 38.3 Å². The highest BCUT2D eigenvalue weighted by molar-refractivity contribution is 6.17. The minimum Gasteiger partial charge on any atom is -0.383 e. The summed E-state index contributed by atoms with van der Waals surface area (Å²) in [5.41, 5.74) is 2.69. The SMILES string of the molecule is COCC(CCCl)NC(=O)C1CCc2ccccc2C1. The van der Waals surface area contributed by atoms with E-state index in [1.165, 1.54) is 11.1 Å². The average Bonchev–Trinajstić information content (AvgIpc) is 2.47. The van der Waals surface area contributed by atoms with Crippen LogP contribution < -0.4 is 5.32 Å². The first-order valence-corrected chi connectivity index (χ1v) is 7.70. The lowest BCUT2D eigenvalue weighted by Crippen LogP contribution is -2.43. The Bertz CT molecular complexity index is 444. The van der Waals surface area contributed by atoms with Crippen molar-refractivity contribution in [1.29, 1.82) is 0 Å². The molecule has 0 bridgehead atoms. The lowest BCUT2D eigenvalue weighted by molar-refractivity contribution is -0.126. The van der Waals surface area contributed by atoms with Crippen LogP contribution in [0.3, 0.4) is 0 Å². The maximum Gasteiger partial charge on any atom is 0.223 e. The maximum atomic E-state index is 12.4. The van der Waals surface area contributed by atoms with E-state index < -0.39 is 0 Å². The Morgan fingerprint density at radius 1 is 1.45 bits per heavy atom. The number of hydrogen-bond donors (Lipinski definition) is 1. The molecule has 20 heavy (non-hydrogen) atoms. The largest absolute Gasteiger partial charge is 0.383 e. The van der Waals surface area contributed by atoms with Gasteiger partial charge < -0.3 is 10.1 Å². The number of alkyl halides is 1. The molecular weight excluding hydrogens is 274 g/mol. The van der Waals surface area contributed by atoms with E-state index in [9.17, 15) is 4.79 Å². The van der Waals surface area contributed by atoms with Crippen LogP contribution in [0, 0.1) is 5.92 Å². The second kappa shape index (κ2) is 7.65. The molecule has 1 aliphatic carbocycles. The molecule has 1 amide bonds. The molecule has 1 N–H and O–H groups in total. The summed E-state index contributed by atoms with van der Waals surface area (Å²) in [6.45, 7) is 0.516. The van der Waals surface area contributed by atoms with Crippen LogP contribution >= 0.6 is 11.6 Å². The molecule has 1 aromatic rings. The number of hydrogen-bond acceptors (Lipinski definition) is 2. The normalized spacial score (nSPS) is 19.2. The van der Waals surface area contributed by atoms with Gasteiger partial charge in [-0.2, -0.15) is 0 Å². The monoisotopic (exact) mass is 295 g/mol. The smallest absolute Gasteiger partial charge is 0.223 e. The number of fused-ring (bicyclic) bond motifs is 1. The number of carbonyl (C=O) groups excluding carboxylic acids is 1. The summed E-state index contributed by atoms with van der Waals surface area (Å²) >= 11 is 5.76. The minimum atomic E-state index is 0.0159. The van der Waals surface area contributed by atoms with E-state index in [1.807, 2.05) is 6.07 Å². The number of aryl methyl sites for hydroxylation is 1. The van der Waals surface area contributed by atoms with Gasteiger partial charge in [-0.1, -0.05) is 24.3 Å². The average molecular weight is 296 g/mol. The molecule has 3 nitrogen and oxygen atoms in total. The van der Waals surface area contributed by atoms with Gasteiger partial charge in [-0.3, -0.25) is 4.79 Å². The van der Waals surface area contributed by atoms with Crippen LogP contribution in [-0.4, -0.2) is 31.5 Å². The lowest BCUT2D eigenvalue weighted by atomic mass is 9.83. The highest BCUT2D eigenvalue weighted by atomic mass is 35.5. The standard InChI is InChI=1S/C16H22ClNO2/c1-20-11-15(8-9-17)18-16(19)14-7-6-12-4-2-3-5-13(12)10-14/h2-5,14-15H,6-11H2,1H3,(H,18,19). The van der Waals surface area contributed by atoms with Gasteiger partial charge in [0.2, 0.25) is 5.91 Å². The Hall–Kier alpha value is -1.06. The Morgan fingerprint density at radius 3 is 2.90 bits per heavy atom. The quantitative estimate of drug-likeness (QED) is 0.819. The fourth-order valence-corrected chi connectivity index (χ4v) is 3.03. The van der Waals surface area contributed by atoms with Crippen LogP contribution in [0.2, 0.25) is 0 Å². The molecule has 0 aromatic heterocycles. The van der Waals surface area contributed by atoms with Crippen molar-refractivity contribution >= 4 is 17.5 Å². The molecule has 110 valence electrons.